The van der Waals surface area contributed by atoms with Gasteiger partial charge in [0.1, 0.15) is 6.61 Å². The summed E-state index contributed by atoms with van der Waals surface area (Å²) in [6.45, 7) is 5.63. The lowest BCUT2D eigenvalue weighted by atomic mass is 9.91. The molecule has 3 heterocycles. The van der Waals surface area contributed by atoms with Gasteiger partial charge in [0, 0.05) is 57.1 Å². The van der Waals surface area contributed by atoms with Crippen LogP contribution in [0.1, 0.15) is 45.4 Å². The maximum absolute atomic E-state index is 13.1. The Kier molecular flexibility index (Phi) is 7.26. The number of likely N-dealkylation sites (tertiary alicyclic amines) is 2. The van der Waals surface area contributed by atoms with Crippen molar-refractivity contribution in [3.05, 3.63) is 18.5 Å². The molecule has 150 valence electrons. The zero-order valence-corrected chi connectivity index (χ0v) is 16.4. The van der Waals surface area contributed by atoms with E-state index in [9.17, 15) is 9.59 Å². The Bertz CT molecular complexity index is 596. The number of aryl methyl sites for hydroxylation is 1. The molecule has 0 N–H and O–H groups in total. The number of rotatable bonds is 7. The Morgan fingerprint density at radius 1 is 1.15 bits per heavy atom. The molecule has 1 aromatic rings. The highest BCUT2D eigenvalue weighted by molar-refractivity contribution is 5.81. The van der Waals surface area contributed by atoms with Crippen LogP contribution < -0.4 is 0 Å². The number of ether oxygens (including phenoxy) is 1. The molecule has 0 aliphatic carbocycles. The van der Waals surface area contributed by atoms with Crippen LogP contribution in [0.15, 0.2) is 18.5 Å². The van der Waals surface area contributed by atoms with Gasteiger partial charge >= 0.3 is 0 Å². The van der Waals surface area contributed by atoms with Crippen LogP contribution in [0.5, 0.6) is 0 Å². The third-order valence-corrected chi connectivity index (χ3v) is 5.79. The molecule has 0 saturated carbocycles. The van der Waals surface area contributed by atoms with Gasteiger partial charge < -0.3 is 14.5 Å². The van der Waals surface area contributed by atoms with Crippen LogP contribution in [-0.2, 0) is 20.9 Å². The van der Waals surface area contributed by atoms with Crippen molar-refractivity contribution in [3.63, 3.8) is 0 Å². The molecule has 2 amide bonds. The molecule has 0 radical (unpaired) electrons. The van der Waals surface area contributed by atoms with Crippen molar-refractivity contribution >= 4 is 11.8 Å². The molecule has 2 saturated heterocycles. The minimum absolute atomic E-state index is 0.0396. The van der Waals surface area contributed by atoms with E-state index in [-0.39, 0.29) is 24.3 Å². The van der Waals surface area contributed by atoms with Crippen molar-refractivity contribution < 1.29 is 14.3 Å². The summed E-state index contributed by atoms with van der Waals surface area (Å²) in [5, 5.41) is 4.27. The molecule has 0 aromatic carbocycles. The molecule has 0 unspecified atom stereocenters. The van der Waals surface area contributed by atoms with Gasteiger partial charge in [0.05, 0.1) is 0 Å². The van der Waals surface area contributed by atoms with Crippen LogP contribution in [0.2, 0.25) is 0 Å². The molecule has 2 aliphatic rings. The number of amides is 2. The van der Waals surface area contributed by atoms with E-state index in [1.165, 1.54) is 6.42 Å². The normalized spacial score (nSPS) is 21.4. The number of hydrogen-bond acceptors (Lipinski definition) is 4. The predicted molar refractivity (Wildman–Crippen MR) is 102 cm³/mol. The highest BCUT2D eigenvalue weighted by atomic mass is 16.5. The minimum atomic E-state index is 0.0396. The van der Waals surface area contributed by atoms with E-state index >= 15 is 0 Å². The van der Waals surface area contributed by atoms with Gasteiger partial charge in [-0.1, -0.05) is 0 Å². The first kappa shape index (κ1) is 19.9. The van der Waals surface area contributed by atoms with E-state index in [2.05, 4.69) is 10.00 Å². The van der Waals surface area contributed by atoms with E-state index in [1.807, 2.05) is 28.8 Å². The van der Waals surface area contributed by atoms with Gasteiger partial charge in [0.15, 0.2) is 0 Å². The lowest BCUT2D eigenvalue weighted by Crippen LogP contribution is -2.50. The summed E-state index contributed by atoms with van der Waals surface area (Å²) in [5.41, 5.74) is 0. The van der Waals surface area contributed by atoms with Gasteiger partial charge in [-0.25, -0.2) is 0 Å². The number of piperidine rings is 2. The van der Waals surface area contributed by atoms with Crippen LogP contribution in [0.25, 0.3) is 0 Å². The smallest absolute Gasteiger partial charge is 0.248 e. The fraction of sp³-hybridized carbons (Fsp3) is 0.750. The maximum atomic E-state index is 13.1. The van der Waals surface area contributed by atoms with Crippen molar-refractivity contribution in [2.24, 2.45) is 5.92 Å². The monoisotopic (exact) mass is 376 g/mol. The van der Waals surface area contributed by atoms with E-state index in [0.29, 0.717) is 25.7 Å². The lowest BCUT2D eigenvalue weighted by molar-refractivity contribution is -0.145. The average molecular weight is 377 g/mol. The van der Waals surface area contributed by atoms with Gasteiger partial charge in [-0.2, -0.15) is 5.10 Å². The summed E-state index contributed by atoms with van der Waals surface area (Å²) >= 11 is 0. The predicted octanol–water partition coefficient (Wildman–Crippen LogP) is 1.93. The molecular weight excluding hydrogens is 344 g/mol. The number of nitrogens with zero attached hydrogens (tertiary/aromatic N) is 4. The largest absolute Gasteiger partial charge is 0.372 e. The minimum Gasteiger partial charge on any atom is -0.372 e. The maximum Gasteiger partial charge on any atom is 0.248 e. The molecule has 27 heavy (non-hydrogen) atoms. The molecule has 0 bridgehead atoms. The molecule has 0 spiro atoms. The van der Waals surface area contributed by atoms with Crippen molar-refractivity contribution in [2.45, 2.75) is 58.0 Å². The Morgan fingerprint density at radius 3 is 2.67 bits per heavy atom. The fourth-order valence-electron chi connectivity index (χ4n) is 4.20. The Morgan fingerprint density at radius 2 is 1.96 bits per heavy atom. The molecule has 1 aromatic heterocycles. The Labute approximate surface area is 161 Å². The SMILES string of the molecule is CCOCC(=O)N1CCC(C(=O)N2CCCC[C@@H]2CCn2cccn2)CC1. The summed E-state index contributed by atoms with van der Waals surface area (Å²) in [5.74, 6) is 0.376. The number of carbonyl (C=O) groups is 2. The van der Waals surface area contributed by atoms with E-state index < -0.39 is 0 Å². The second-order valence-corrected chi connectivity index (χ2v) is 7.53. The zero-order valence-electron chi connectivity index (χ0n) is 16.4. The second-order valence-electron chi connectivity index (χ2n) is 7.53. The summed E-state index contributed by atoms with van der Waals surface area (Å²) in [7, 11) is 0. The first-order valence-electron chi connectivity index (χ1n) is 10.3. The van der Waals surface area contributed by atoms with Gasteiger partial charge in [-0.05, 0) is 51.5 Å². The van der Waals surface area contributed by atoms with Crippen LogP contribution >= 0.6 is 0 Å². The summed E-state index contributed by atoms with van der Waals surface area (Å²) in [6, 6.07) is 2.25. The molecule has 1 atom stereocenters. The third-order valence-electron chi connectivity index (χ3n) is 5.79. The van der Waals surface area contributed by atoms with Crippen molar-refractivity contribution in [1.29, 1.82) is 0 Å². The van der Waals surface area contributed by atoms with E-state index in [1.54, 1.807) is 6.20 Å². The molecular formula is C20H32N4O3. The number of aromatic nitrogens is 2. The average Bonchev–Trinajstić information content (AvgIpc) is 3.24. The van der Waals surface area contributed by atoms with Gasteiger partial charge in [0.25, 0.3) is 0 Å². The molecule has 3 rings (SSSR count). The van der Waals surface area contributed by atoms with Crippen LogP contribution in [-0.4, -0.2) is 70.3 Å². The molecule has 2 fully saturated rings. The zero-order chi connectivity index (χ0) is 19.1. The summed E-state index contributed by atoms with van der Waals surface area (Å²) in [4.78, 5) is 29.2. The van der Waals surface area contributed by atoms with Crippen LogP contribution in [0.3, 0.4) is 0 Å². The standard InChI is InChI=1S/C20H32N4O3/c1-2-27-16-19(25)22-13-7-17(8-14-22)20(26)24-12-4-3-6-18(24)9-15-23-11-5-10-21-23/h5,10-11,17-18H,2-4,6-9,12-16H2,1H3/t18-/m1/s1. The first-order valence-corrected chi connectivity index (χ1v) is 10.3. The highest BCUT2D eigenvalue weighted by Gasteiger charge is 2.34. The Balaban J connectivity index is 1.50. The fourth-order valence-corrected chi connectivity index (χ4v) is 4.20. The lowest BCUT2D eigenvalue weighted by Gasteiger charge is -2.40. The van der Waals surface area contributed by atoms with Crippen LogP contribution in [0.4, 0.5) is 0 Å². The first-order chi connectivity index (χ1) is 13.2. The summed E-state index contributed by atoms with van der Waals surface area (Å²) < 4.78 is 7.16. The third kappa shape index (κ3) is 5.31. The topological polar surface area (TPSA) is 67.7 Å². The van der Waals surface area contributed by atoms with Crippen molar-refractivity contribution in [1.82, 2.24) is 19.6 Å². The van der Waals surface area contributed by atoms with Crippen molar-refractivity contribution in [3.8, 4) is 0 Å². The highest BCUT2D eigenvalue weighted by Crippen LogP contribution is 2.26. The second kappa shape index (κ2) is 9.88. The van der Waals surface area contributed by atoms with Gasteiger partial charge in [-0.15, -0.1) is 0 Å². The van der Waals surface area contributed by atoms with Gasteiger partial charge in [-0.3, -0.25) is 14.3 Å². The van der Waals surface area contributed by atoms with E-state index in [4.69, 9.17) is 4.74 Å². The van der Waals surface area contributed by atoms with Crippen molar-refractivity contribution in [2.75, 3.05) is 32.8 Å². The Hall–Kier alpha value is -1.89. The molecule has 7 nitrogen and oxygen atoms in total. The van der Waals surface area contributed by atoms with Gasteiger partial charge in [0.2, 0.25) is 11.8 Å². The number of hydrogen-bond donors (Lipinski definition) is 0. The molecule has 2 aliphatic heterocycles. The molecule has 7 heteroatoms. The van der Waals surface area contributed by atoms with E-state index in [0.717, 1.165) is 45.2 Å². The number of carbonyl (C=O) groups excluding carboxylic acids is 2. The quantitative estimate of drug-likeness (QED) is 0.729. The summed E-state index contributed by atoms with van der Waals surface area (Å²) in [6.07, 6.45) is 9.62. The van der Waals surface area contributed by atoms with Crippen LogP contribution in [0, 0.1) is 5.92 Å².